The Kier molecular flexibility index (Phi) is 10.0. The van der Waals surface area contributed by atoms with Gasteiger partial charge in [-0.3, -0.25) is 4.79 Å². The summed E-state index contributed by atoms with van der Waals surface area (Å²) in [5, 5.41) is 13.0. The molecule has 5 nitrogen and oxygen atoms in total. The normalized spacial score (nSPS) is 10.6. The van der Waals surface area contributed by atoms with Crippen LogP contribution in [-0.4, -0.2) is 39.1 Å². The number of nitrogens with zero attached hydrogens (tertiary/aromatic N) is 1. The minimum atomic E-state index is -0.161. The van der Waals surface area contributed by atoms with Crippen LogP contribution < -0.4 is 10.1 Å². The zero-order valence-corrected chi connectivity index (χ0v) is 21.3. The molecule has 1 amide bonds. The largest absolute Gasteiger partial charge is 0.508 e. The molecule has 0 aliphatic rings. The SMILES string of the molecule is C=CCSC(=S)N(CC=C)CC(=O)Nc1cc(C)c(Oc2ccc(O)c(C(C)C)c2)c(C)c1. The Morgan fingerprint density at radius 2 is 1.88 bits per heavy atom. The number of benzene rings is 2. The van der Waals surface area contributed by atoms with Crippen molar-refractivity contribution in [3.63, 3.8) is 0 Å². The van der Waals surface area contributed by atoms with E-state index in [-0.39, 0.29) is 24.1 Å². The third kappa shape index (κ3) is 7.65. The molecule has 0 radical (unpaired) electrons. The molecule has 176 valence electrons. The summed E-state index contributed by atoms with van der Waals surface area (Å²) in [5.41, 5.74) is 3.31. The summed E-state index contributed by atoms with van der Waals surface area (Å²) in [4.78, 5) is 14.5. The van der Waals surface area contributed by atoms with Crippen LogP contribution in [0.4, 0.5) is 5.69 Å². The fourth-order valence-corrected chi connectivity index (χ4v) is 4.24. The van der Waals surface area contributed by atoms with Crippen molar-refractivity contribution in [1.29, 1.82) is 0 Å². The summed E-state index contributed by atoms with van der Waals surface area (Å²) in [7, 11) is 0. The highest BCUT2D eigenvalue weighted by Gasteiger charge is 2.15. The van der Waals surface area contributed by atoms with E-state index in [0.717, 1.165) is 22.4 Å². The molecule has 2 aromatic rings. The average molecular weight is 485 g/mol. The number of hydrogen-bond donors (Lipinski definition) is 2. The molecule has 2 aromatic carbocycles. The van der Waals surface area contributed by atoms with Crippen molar-refractivity contribution in [2.75, 3.05) is 24.2 Å². The van der Waals surface area contributed by atoms with Crippen molar-refractivity contribution < 1.29 is 14.6 Å². The highest BCUT2D eigenvalue weighted by atomic mass is 32.2. The van der Waals surface area contributed by atoms with Crippen LogP contribution in [0.3, 0.4) is 0 Å². The Morgan fingerprint density at radius 3 is 2.45 bits per heavy atom. The first-order valence-corrected chi connectivity index (χ1v) is 12.1. The Labute approximate surface area is 206 Å². The second-order valence-corrected chi connectivity index (χ2v) is 9.65. The van der Waals surface area contributed by atoms with E-state index in [2.05, 4.69) is 18.5 Å². The fourth-order valence-electron chi connectivity index (χ4n) is 3.31. The van der Waals surface area contributed by atoms with Crippen molar-refractivity contribution in [2.24, 2.45) is 0 Å². The lowest BCUT2D eigenvalue weighted by Gasteiger charge is -2.22. The van der Waals surface area contributed by atoms with Gasteiger partial charge in [0.1, 0.15) is 21.6 Å². The number of thioether (sulfide) groups is 1. The second kappa shape index (κ2) is 12.5. The number of aryl methyl sites for hydroxylation is 2. The van der Waals surface area contributed by atoms with E-state index >= 15 is 0 Å². The van der Waals surface area contributed by atoms with Crippen molar-refractivity contribution in [2.45, 2.75) is 33.6 Å². The molecule has 0 aliphatic carbocycles. The highest BCUT2D eigenvalue weighted by molar-refractivity contribution is 8.23. The lowest BCUT2D eigenvalue weighted by atomic mass is 10.0. The van der Waals surface area contributed by atoms with Gasteiger partial charge >= 0.3 is 0 Å². The molecule has 0 aromatic heterocycles. The summed E-state index contributed by atoms with van der Waals surface area (Å²) < 4.78 is 6.78. The molecule has 0 bridgehead atoms. The van der Waals surface area contributed by atoms with Gasteiger partial charge in [-0.05, 0) is 61.2 Å². The van der Waals surface area contributed by atoms with Gasteiger partial charge in [0, 0.05) is 23.5 Å². The van der Waals surface area contributed by atoms with Crippen LogP contribution in [0.15, 0.2) is 55.6 Å². The number of amides is 1. The maximum atomic E-state index is 12.7. The molecule has 0 heterocycles. The Morgan fingerprint density at radius 1 is 1.21 bits per heavy atom. The molecular weight excluding hydrogens is 452 g/mol. The third-order valence-corrected chi connectivity index (χ3v) is 6.37. The standard InChI is InChI=1S/C26H32N2O3S2/c1-7-11-28(26(32)33-12-8-2)16-24(30)27-20-13-18(5)25(19(6)14-20)31-21-9-10-23(29)22(15-21)17(3)4/h7-10,13-15,17,29H,1-2,11-12,16H2,3-6H3,(H,27,30). The quantitative estimate of drug-likeness (QED) is 0.294. The number of hydrogen-bond acceptors (Lipinski definition) is 5. The number of phenolic OH excluding ortho intramolecular Hbond substituents is 1. The van der Waals surface area contributed by atoms with E-state index in [4.69, 9.17) is 17.0 Å². The summed E-state index contributed by atoms with van der Waals surface area (Å²) >= 11 is 6.89. The van der Waals surface area contributed by atoms with Crippen molar-refractivity contribution in [1.82, 2.24) is 4.90 Å². The van der Waals surface area contributed by atoms with Crippen LogP contribution in [0.25, 0.3) is 0 Å². The number of phenols is 1. The zero-order valence-electron chi connectivity index (χ0n) is 19.7. The zero-order chi connectivity index (χ0) is 24.5. The lowest BCUT2D eigenvalue weighted by molar-refractivity contribution is -0.116. The lowest BCUT2D eigenvalue weighted by Crippen LogP contribution is -2.36. The van der Waals surface area contributed by atoms with E-state index < -0.39 is 0 Å². The number of thiocarbonyl (C=S) groups is 1. The maximum Gasteiger partial charge on any atom is 0.243 e. The molecule has 0 saturated heterocycles. The van der Waals surface area contributed by atoms with Crippen LogP contribution in [0.2, 0.25) is 0 Å². The topological polar surface area (TPSA) is 61.8 Å². The minimum absolute atomic E-state index is 0.136. The number of anilines is 1. The van der Waals surface area contributed by atoms with Gasteiger partial charge in [0.25, 0.3) is 0 Å². The van der Waals surface area contributed by atoms with Crippen LogP contribution in [0.5, 0.6) is 17.2 Å². The first kappa shape index (κ1) is 26.5. The number of carbonyl (C=O) groups excluding carboxylic acids is 1. The Bertz CT molecular complexity index is 1010. The maximum absolute atomic E-state index is 12.7. The van der Waals surface area contributed by atoms with Gasteiger partial charge in [-0.25, -0.2) is 0 Å². The number of rotatable bonds is 10. The third-order valence-electron chi connectivity index (χ3n) is 4.85. The van der Waals surface area contributed by atoms with E-state index in [1.54, 1.807) is 29.2 Å². The molecule has 2 rings (SSSR count). The Hall–Kier alpha value is -2.77. The molecule has 0 unspecified atom stereocenters. The van der Waals surface area contributed by atoms with Gasteiger partial charge < -0.3 is 20.1 Å². The number of nitrogens with one attached hydrogen (secondary N) is 1. The predicted molar refractivity (Wildman–Crippen MR) is 144 cm³/mol. The summed E-state index contributed by atoms with van der Waals surface area (Å²) in [6.07, 6.45) is 3.50. The summed E-state index contributed by atoms with van der Waals surface area (Å²) in [6, 6.07) is 9.02. The van der Waals surface area contributed by atoms with Crippen LogP contribution in [0, 0.1) is 13.8 Å². The van der Waals surface area contributed by atoms with Gasteiger partial charge in [-0.2, -0.15) is 0 Å². The van der Waals surface area contributed by atoms with Crippen molar-refractivity contribution in [3.8, 4) is 17.2 Å². The van der Waals surface area contributed by atoms with Gasteiger partial charge in [-0.15, -0.1) is 13.2 Å². The molecule has 0 saturated carbocycles. The minimum Gasteiger partial charge on any atom is -0.508 e. The van der Waals surface area contributed by atoms with Crippen LogP contribution in [0.1, 0.15) is 36.5 Å². The number of ether oxygens (including phenoxy) is 1. The monoisotopic (exact) mass is 484 g/mol. The first-order chi connectivity index (χ1) is 15.7. The fraction of sp³-hybridized carbons (Fsp3) is 0.308. The van der Waals surface area contributed by atoms with E-state index in [0.29, 0.717) is 28.1 Å². The van der Waals surface area contributed by atoms with Crippen molar-refractivity contribution in [3.05, 3.63) is 72.3 Å². The summed E-state index contributed by atoms with van der Waals surface area (Å²) in [6.45, 7) is 16.0. The molecule has 0 atom stereocenters. The second-order valence-electron chi connectivity index (χ2n) is 8.00. The Balaban J connectivity index is 2.13. The van der Waals surface area contributed by atoms with E-state index in [1.807, 2.05) is 45.9 Å². The first-order valence-electron chi connectivity index (χ1n) is 10.7. The number of carbonyl (C=O) groups is 1. The highest BCUT2D eigenvalue weighted by Crippen LogP contribution is 2.35. The van der Waals surface area contributed by atoms with E-state index in [9.17, 15) is 9.90 Å². The number of aromatic hydroxyl groups is 1. The van der Waals surface area contributed by atoms with E-state index in [1.165, 1.54) is 11.8 Å². The molecule has 2 N–H and O–H groups in total. The molecule has 0 spiro atoms. The molecule has 7 heteroatoms. The van der Waals surface area contributed by atoms with Gasteiger partial charge in [0.2, 0.25) is 5.91 Å². The smallest absolute Gasteiger partial charge is 0.243 e. The predicted octanol–water partition coefficient (Wildman–Crippen LogP) is 6.56. The van der Waals surface area contributed by atoms with Gasteiger partial charge in [0.15, 0.2) is 0 Å². The van der Waals surface area contributed by atoms with Crippen LogP contribution >= 0.6 is 24.0 Å². The molecule has 0 aliphatic heterocycles. The van der Waals surface area contributed by atoms with Crippen LogP contribution in [-0.2, 0) is 4.79 Å². The molecule has 33 heavy (non-hydrogen) atoms. The summed E-state index contributed by atoms with van der Waals surface area (Å²) in [5.74, 6) is 2.35. The van der Waals surface area contributed by atoms with Gasteiger partial charge in [-0.1, -0.05) is 50.0 Å². The average Bonchev–Trinajstić information content (AvgIpc) is 2.75. The van der Waals surface area contributed by atoms with Crippen molar-refractivity contribution >= 4 is 39.9 Å². The molecule has 0 fully saturated rings. The molecular formula is C26H32N2O3S2. The van der Waals surface area contributed by atoms with Gasteiger partial charge in [0.05, 0.1) is 6.54 Å².